The van der Waals surface area contributed by atoms with Crippen molar-refractivity contribution < 1.29 is 9.18 Å². The molecule has 4 rings (SSSR count). The van der Waals surface area contributed by atoms with E-state index < -0.39 is 0 Å². The first-order chi connectivity index (χ1) is 15.0. The Morgan fingerprint density at radius 3 is 2.35 bits per heavy atom. The smallest absolute Gasteiger partial charge is 0.233 e. The third-order valence-corrected chi connectivity index (χ3v) is 6.49. The number of carbonyl (C=O) groups is 1. The largest absolute Gasteiger partial charge is 0.368 e. The molecule has 0 aliphatic carbocycles. The Balaban J connectivity index is 1.34. The van der Waals surface area contributed by atoms with Crippen molar-refractivity contribution in [2.24, 2.45) is 0 Å². The third kappa shape index (κ3) is 5.02. The molecule has 0 saturated carbocycles. The van der Waals surface area contributed by atoms with Gasteiger partial charge in [0.25, 0.3) is 0 Å². The lowest BCUT2D eigenvalue weighted by Gasteiger charge is -2.36. The van der Waals surface area contributed by atoms with E-state index in [9.17, 15) is 9.18 Å². The maximum absolute atomic E-state index is 13.1. The number of thioether (sulfide) groups is 1. The van der Waals surface area contributed by atoms with Gasteiger partial charge in [-0.1, -0.05) is 23.4 Å². The van der Waals surface area contributed by atoms with Crippen molar-refractivity contribution in [3.63, 3.8) is 0 Å². The standard InChI is InChI=1S/C22H23ClFN5OS/c1-2-29-21(16-3-5-17(23)6-4-16)25-26-22(29)31-15-20(30)28-13-11-27(12-14-28)19-9-7-18(24)8-10-19/h3-10H,2,11-15H2,1H3. The fourth-order valence-electron chi connectivity index (χ4n) is 3.58. The minimum Gasteiger partial charge on any atom is -0.368 e. The fourth-order valence-corrected chi connectivity index (χ4v) is 4.61. The summed E-state index contributed by atoms with van der Waals surface area (Å²) in [7, 11) is 0. The highest BCUT2D eigenvalue weighted by Crippen LogP contribution is 2.25. The molecular formula is C22H23ClFN5OS. The van der Waals surface area contributed by atoms with Crippen molar-refractivity contribution in [2.75, 3.05) is 36.8 Å². The van der Waals surface area contributed by atoms with Gasteiger partial charge in [-0.2, -0.15) is 0 Å². The Bertz CT molecular complexity index is 1030. The molecule has 0 unspecified atom stereocenters. The van der Waals surface area contributed by atoms with Crippen LogP contribution >= 0.6 is 23.4 Å². The van der Waals surface area contributed by atoms with Gasteiger partial charge >= 0.3 is 0 Å². The van der Waals surface area contributed by atoms with Crippen molar-refractivity contribution in [1.29, 1.82) is 0 Å². The van der Waals surface area contributed by atoms with Crippen molar-refractivity contribution in [3.8, 4) is 11.4 Å². The molecule has 1 fully saturated rings. The first kappa shape index (κ1) is 21.6. The number of amides is 1. The van der Waals surface area contributed by atoms with E-state index >= 15 is 0 Å². The summed E-state index contributed by atoms with van der Waals surface area (Å²) >= 11 is 7.39. The van der Waals surface area contributed by atoms with E-state index in [1.54, 1.807) is 12.1 Å². The van der Waals surface area contributed by atoms with Crippen molar-refractivity contribution in [3.05, 3.63) is 59.4 Å². The van der Waals surface area contributed by atoms with Crippen LogP contribution in [0.1, 0.15) is 6.92 Å². The number of halogens is 2. The van der Waals surface area contributed by atoms with E-state index in [1.807, 2.05) is 40.7 Å². The van der Waals surface area contributed by atoms with Crippen LogP contribution in [0.4, 0.5) is 10.1 Å². The lowest BCUT2D eigenvalue weighted by molar-refractivity contribution is -0.128. The highest BCUT2D eigenvalue weighted by atomic mass is 35.5. The highest BCUT2D eigenvalue weighted by Gasteiger charge is 2.22. The van der Waals surface area contributed by atoms with Gasteiger partial charge in [0.15, 0.2) is 11.0 Å². The number of hydrogen-bond donors (Lipinski definition) is 0. The van der Waals surface area contributed by atoms with Crippen LogP contribution in [0.5, 0.6) is 0 Å². The van der Waals surface area contributed by atoms with Gasteiger partial charge in [0.05, 0.1) is 5.75 Å². The molecule has 1 saturated heterocycles. The van der Waals surface area contributed by atoms with E-state index in [4.69, 9.17) is 11.6 Å². The molecular weight excluding hydrogens is 437 g/mol. The molecule has 3 aromatic rings. The summed E-state index contributed by atoms with van der Waals surface area (Å²) in [6.45, 7) is 5.49. The van der Waals surface area contributed by atoms with Gasteiger partial charge in [-0.15, -0.1) is 10.2 Å². The number of nitrogens with zero attached hydrogens (tertiary/aromatic N) is 5. The Morgan fingerprint density at radius 1 is 1.03 bits per heavy atom. The van der Waals surface area contributed by atoms with E-state index in [2.05, 4.69) is 15.1 Å². The second-order valence-electron chi connectivity index (χ2n) is 7.19. The summed E-state index contributed by atoms with van der Waals surface area (Å²) in [4.78, 5) is 16.8. The minimum atomic E-state index is -0.242. The number of hydrogen-bond acceptors (Lipinski definition) is 5. The van der Waals surface area contributed by atoms with Crippen LogP contribution < -0.4 is 4.90 Å². The Hall–Kier alpha value is -2.58. The zero-order chi connectivity index (χ0) is 21.8. The number of aromatic nitrogens is 3. The summed E-state index contributed by atoms with van der Waals surface area (Å²) in [5.74, 6) is 0.924. The van der Waals surface area contributed by atoms with Gasteiger partial charge in [-0.3, -0.25) is 4.79 Å². The predicted octanol–water partition coefficient (Wildman–Crippen LogP) is 4.20. The number of benzene rings is 2. The van der Waals surface area contributed by atoms with E-state index in [0.717, 1.165) is 35.3 Å². The zero-order valence-electron chi connectivity index (χ0n) is 17.2. The van der Waals surface area contributed by atoms with Gasteiger partial charge < -0.3 is 14.4 Å². The maximum atomic E-state index is 13.1. The fraction of sp³-hybridized carbons (Fsp3) is 0.318. The molecule has 0 spiro atoms. The molecule has 1 aliphatic heterocycles. The van der Waals surface area contributed by atoms with Crippen LogP contribution in [0.2, 0.25) is 5.02 Å². The lowest BCUT2D eigenvalue weighted by atomic mass is 10.2. The molecule has 162 valence electrons. The third-order valence-electron chi connectivity index (χ3n) is 5.28. The molecule has 0 radical (unpaired) electrons. The second kappa shape index (κ2) is 9.70. The van der Waals surface area contributed by atoms with Gasteiger partial charge in [0.2, 0.25) is 5.91 Å². The summed E-state index contributed by atoms with van der Waals surface area (Å²) in [5, 5.41) is 10.0. The molecule has 6 nitrogen and oxygen atoms in total. The van der Waals surface area contributed by atoms with Crippen LogP contribution in [0.15, 0.2) is 53.7 Å². The molecule has 9 heteroatoms. The van der Waals surface area contributed by atoms with Crippen molar-refractivity contribution in [1.82, 2.24) is 19.7 Å². The second-order valence-corrected chi connectivity index (χ2v) is 8.57. The van der Waals surface area contributed by atoms with E-state index in [1.165, 1.54) is 23.9 Å². The van der Waals surface area contributed by atoms with Gasteiger partial charge in [-0.05, 0) is 55.5 Å². The summed E-state index contributed by atoms with van der Waals surface area (Å²) in [6.07, 6.45) is 0. The summed E-state index contributed by atoms with van der Waals surface area (Å²) < 4.78 is 15.1. The molecule has 31 heavy (non-hydrogen) atoms. The maximum Gasteiger partial charge on any atom is 0.233 e. The summed E-state index contributed by atoms with van der Waals surface area (Å²) in [5.41, 5.74) is 1.92. The van der Waals surface area contributed by atoms with Crippen molar-refractivity contribution in [2.45, 2.75) is 18.6 Å². The topological polar surface area (TPSA) is 54.3 Å². The minimum absolute atomic E-state index is 0.0856. The molecule has 1 aliphatic rings. The quantitative estimate of drug-likeness (QED) is 0.517. The van der Waals surface area contributed by atoms with Crippen LogP contribution in [-0.2, 0) is 11.3 Å². The molecule has 0 N–H and O–H groups in total. The molecule has 2 aromatic carbocycles. The Morgan fingerprint density at radius 2 is 1.71 bits per heavy atom. The van der Waals surface area contributed by atoms with Crippen LogP contribution in [-0.4, -0.2) is 57.5 Å². The molecule has 0 atom stereocenters. The van der Waals surface area contributed by atoms with Gasteiger partial charge in [-0.25, -0.2) is 4.39 Å². The average Bonchev–Trinajstić information content (AvgIpc) is 3.21. The van der Waals surface area contributed by atoms with Crippen LogP contribution in [0.25, 0.3) is 11.4 Å². The van der Waals surface area contributed by atoms with Gasteiger partial charge in [0.1, 0.15) is 5.82 Å². The number of piperazine rings is 1. The Labute approximate surface area is 190 Å². The normalized spacial score (nSPS) is 14.2. The first-order valence-corrected chi connectivity index (χ1v) is 11.5. The van der Waals surface area contributed by atoms with Gasteiger partial charge in [0, 0.05) is 49.0 Å². The predicted molar refractivity (Wildman–Crippen MR) is 122 cm³/mol. The van der Waals surface area contributed by atoms with Crippen molar-refractivity contribution >= 4 is 35.0 Å². The Kier molecular flexibility index (Phi) is 6.77. The number of rotatable bonds is 6. The van der Waals surface area contributed by atoms with E-state index in [0.29, 0.717) is 30.4 Å². The molecule has 1 amide bonds. The van der Waals surface area contributed by atoms with E-state index in [-0.39, 0.29) is 11.7 Å². The van der Waals surface area contributed by atoms with Crippen LogP contribution in [0, 0.1) is 5.82 Å². The lowest BCUT2D eigenvalue weighted by Crippen LogP contribution is -2.49. The number of carbonyl (C=O) groups excluding carboxylic acids is 1. The average molecular weight is 460 g/mol. The highest BCUT2D eigenvalue weighted by molar-refractivity contribution is 7.99. The zero-order valence-corrected chi connectivity index (χ0v) is 18.7. The monoisotopic (exact) mass is 459 g/mol. The summed E-state index contributed by atoms with van der Waals surface area (Å²) in [6, 6.07) is 14.0. The number of anilines is 1. The molecule has 1 aromatic heterocycles. The molecule has 2 heterocycles. The first-order valence-electron chi connectivity index (χ1n) is 10.2. The molecule has 0 bridgehead atoms. The van der Waals surface area contributed by atoms with Crippen LogP contribution in [0.3, 0.4) is 0 Å². The SMILES string of the molecule is CCn1c(SCC(=O)N2CCN(c3ccc(F)cc3)CC2)nnc1-c1ccc(Cl)cc1.